The normalized spacial score (nSPS) is 10.4. The first-order valence-electron chi connectivity index (χ1n) is 8.96. The van der Waals surface area contributed by atoms with Gasteiger partial charge in [-0.05, 0) is 60.7 Å². The Hall–Kier alpha value is -3.78. The second-order valence-corrected chi connectivity index (χ2v) is 7.19. The number of amides is 2. The van der Waals surface area contributed by atoms with Crippen molar-refractivity contribution in [2.24, 2.45) is 0 Å². The van der Waals surface area contributed by atoms with Gasteiger partial charge in [-0.1, -0.05) is 39.2 Å². The minimum Gasteiger partial charge on any atom is -0.403 e. The number of nitrogens with one attached hydrogen (secondary N) is 2. The summed E-state index contributed by atoms with van der Waals surface area (Å²) in [6, 6.07) is 22.8. The number of halogens is 1. The smallest absolute Gasteiger partial charge is 0.322 e. The summed E-state index contributed by atoms with van der Waals surface area (Å²) in [7, 11) is 0. The van der Waals surface area contributed by atoms with Crippen molar-refractivity contribution in [3.05, 3.63) is 94.5 Å². The highest BCUT2D eigenvalue weighted by molar-refractivity contribution is 9.10. The van der Waals surface area contributed by atoms with Gasteiger partial charge in [0.25, 0.3) is 11.8 Å². The van der Waals surface area contributed by atoms with E-state index in [0.29, 0.717) is 22.7 Å². The lowest BCUT2D eigenvalue weighted by atomic mass is 10.1. The van der Waals surface area contributed by atoms with E-state index in [2.05, 4.69) is 36.8 Å². The van der Waals surface area contributed by atoms with E-state index in [-0.39, 0.29) is 11.9 Å². The van der Waals surface area contributed by atoms with Crippen LogP contribution in [0.2, 0.25) is 0 Å². The number of hydrogen-bond donors (Lipinski definition) is 2. The molecule has 0 bridgehead atoms. The van der Waals surface area contributed by atoms with Crippen LogP contribution in [0.1, 0.15) is 20.7 Å². The van der Waals surface area contributed by atoms with Crippen LogP contribution in [0.4, 0.5) is 11.7 Å². The van der Waals surface area contributed by atoms with Crippen LogP contribution in [-0.4, -0.2) is 22.0 Å². The lowest BCUT2D eigenvalue weighted by Gasteiger charge is -2.06. The molecule has 8 heteroatoms. The van der Waals surface area contributed by atoms with Crippen molar-refractivity contribution < 1.29 is 14.0 Å². The molecule has 0 saturated heterocycles. The Labute approximate surface area is 180 Å². The van der Waals surface area contributed by atoms with E-state index >= 15 is 0 Å². The molecular weight excluding hydrogens is 448 g/mol. The summed E-state index contributed by atoms with van der Waals surface area (Å²) in [5.41, 5.74) is 2.25. The fourth-order valence-corrected chi connectivity index (χ4v) is 2.91. The van der Waals surface area contributed by atoms with Gasteiger partial charge in [-0.2, -0.15) is 0 Å². The Morgan fingerprint density at radius 1 is 0.733 bits per heavy atom. The molecule has 0 aliphatic heterocycles. The van der Waals surface area contributed by atoms with Crippen LogP contribution < -0.4 is 10.6 Å². The number of hydrogen-bond acceptors (Lipinski definition) is 5. The lowest BCUT2D eigenvalue weighted by molar-refractivity contribution is 0.101. The number of benzene rings is 3. The highest BCUT2D eigenvalue weighted by Gasteiger charge is 2.13. The zero-order chi connectivity index (χ0) is 20.9. The number of anilines is 2. The molecule has 1 heterocycles. The van der Waals surface area contributed by atoms with Crippen LogP contribution in [0, 0.1) is 0 Å². The fourth-order valence-electron chi connectivity index (χ4n) is 2.65. The molecule has 148 valence electrons. The summed E-state index contributed by atoms with van der Waals surface area (Å²) in [6.45, 7) is 0. The van der Waals surface area contributed by atoms with E-state index in [0.717, 1.165) is 10.0 Å². The topological polar surface area (TPSA) is 97.1 Å². The van der Waals surface area contributed by atoms with Crippen molar-refractivity contribution in [2.45, 2.75) is 0 Å². The van der Waals surface area contributed by atoms with Crippen molar-refractivity contribution in [3.63, 3.8) is 0 Å². The van der Waals surface area contributed by atoms with Crippen LogP contribution in [-0.2, 0) is 0 Å². The summed E-state index contributed by atoms with van der Waals surface area (Å²) >= 11 is 3.34. The van der Waals surface area contributed by atoms with Crippen LogP contribution in [0.15, 0.2) is 87.8 Å². The van der Waals surface area contributed by atoms with Gasteiger partial charge in [-0.25, -0.2) is 0 Å². The van der Waals surface area contributed by atoms with Gasteiger partial charge in [0.15, 0.2) is 0 Å². The van der Waals surface area contributed by atoms with Gasteiger partial charge in [0.05, 0.1) is 0 Å². The standard InChI is InChI=1S/C22H15BrN4O3/c23-17-10-6-14(7-11-17)19(28)24-18-12-8-15(9-13-18)20(29)25-22-27-26-21(30-22)16-4-2-1-3-5-16/h1-13H,(H,24,28)(H,25,27,29). The predicted octanol–water partition coefficient (Wildman–Crippen LogP) is 5.00. The van der Waals surface area contributed by atoms with E-state index in [1.165, 1.54) is 0 Å². The average molecular weight is 463 g/mol. The minimum absolute atomic E-state index is 0.00599. The van der Waals surface area contributed by atoms with Crippen LogP contribution >= 0.6 is 15.9 Å². The molecule has 4 aromatic rings. The summed E-state index contributed by atoms with van der Waals surface area (Å²) in [4.78, 5) is 24.7. The molecule has 2 amide bonds. The highest BCUT2D eigenvalue weighted by atomic mass is 79.9. The number of carbonyl (C=O) groups is 2. The quantitative estimate of drug-likeness (QED) is 0.434. The van der Waals surface area contributed by atoms with Crippen LogP contribution in [0.5, 0.6) is 0 Å². The van der Waals surface area contributed by atoms with Crippen molar-refractivity contribution in [3.8, 4) is 11.5 Å². The molecule has 4 rings (SSSR count). The summed E-state index contributed by atoms with van der Waals surface area (Å²) < 4.78 is 6.38. The van der Waals surface area contributed by atoms with E-state index in [9.17, 15) is 9.59 Å². The van der Waals surface area contributed by atoms with Crippen molar-refractivity contribution in [2.75, 3.05) is 10.6 Å². The first-order chi connectivity index (χ1) is 14.6. The number of nitrogens with zero attached hydrogens (tertiary/aromatic N) is 2. The maximum atomic E-state index is 12.4. The molecule has 0 aliphatic rings. The molecule has 0 unspecified atom stereocenters. The van der Waals surface area contributed by atoms with Gasteiger partial charge in [0.2, 0.25) is 5.89 Å². The fraction of sp³-hybridized carbons (Fsp3) is 0. The Morgan fingerprint density at radius 3 is 2.00 bits per heavy atom. The first kappa shape index (κ1) is 19.5. The molecule has 7 nitrogen and oxygen atoms in total. The van der Waals surface area contributed by atoms with Gasteiger partial charge in [-0.3, -0.25) is 14.9 Å². The lowest BCUT2D eigenvalue weighted by Crippen LogP contribution is -2.13. The molecule has 0 atom stereocenters. The third-order valence-electron chi connectivity index (χ3n) is 4.18. The number of rotatable bonds is 5. The van der Waals surface area contributed by atoms with Crippen molar-refractivity contribution in [1.29, 1.82) is 0 Å². The molecule has 2 N–H and O–H groups in total. The Kier molecular flexibility index (Phi) is 5.67. The average Bonchev–Trinajstić information content (AvgIpc) is 3.24. The van der Waals surface area contributed by atoms with E-state index in [1.807, 2.05) is 30.3 Å². The SMILES string of the molecule is O=C(Nc1ccc(C(=O)Nc2nnc(-c3ccccc3)o2)cc1)c1ccc(Br)cc1. The van der Waals surface area contributed by atoms with E-state index < -0.39 is 5.91 Å². The highest BCUT2D eigenvalue weighted by Crippen LogP contribution is 2.20. The monoisotopic (exact) mass is 462 g/mol. The van der Waals surface area contributed by atoms with Gasteiger partial charge >= 0.3 is 6.01 Å². The molecule has 3 aromatic carbocycles. The predicted molar refractivity (Wildman–Crippen MR) is 116 cm³/mol. The third-order valence-corrected chi connectivity index (χ3v) is 4.71. The second kappa shape index (κ2) is 8.71. The molecule has 0 aliphatic carbocycles. The molecule has 0 radical (unpaired) electrons. The second-order valence-electron chi connectivity index (χ2n) is 6.27. The van der Waals surface area contributed by atoms with Gasteiger partial charge in [0.1, 0.15) is 0 Å². The summed E-state index contributed by atoms with van der Waals surface area (Å²) in [6.07, 6.45) is 0. The van der Waals surface area contributed by atoms with E-state index in [4.69, 9.17) is 4.42 Å². The Balaban J connectivity index is 1.39. The first-order valence-corrected chi connectivity index (χ1v) is 9.75. The zero-order valence-corrected chi connectivity index (χ0v) is 17.1. The summed E-state index contributed by atoms with van der Waals surface area (Å²) in [5, 5.41) is 13.1. The van der Waals surface area contributed by atoms with Gasteiger partial charge in [0, 0.05) is 26.9 Å². The van der Waals surface area contributed by atoms with Gasteiger partial charge < -0.3 is 9.73 Å². The molecule has 1 aromatic heterocycles. The largest absolute Gasteiger partial charge is 0.403 e. The number of carbonyl (C=O) groups excluding carboxylic acids is 2. The summed E-state index contributed by atoms with van der Waals surface area (Å²) in [5.74, 6) is -0.319. The molecule has 0 spiro atoms. The van der Waals surface area contributed by atoms with Crippen LogP contribution in [0.25, 0.3) is 11.5 Å². The minimum atomic E-state index is -0.399. The Bertz CT molecular complexity index is 1170. The van der Waals surface area contributed by atoms with Crippen LogP contribution in [0.3, 0.4) is 0 Å². The van der Waals surface area contributed by atoms with Gasteiger partial charge in [-0.15, -0.1) is 5.10 Å². The van der Waals surface area contributed by atoms with Crippen molar-refractivity contribution >= 4 is 39.4 Å². The Morgan fingerprint density at radius 2 is 1.33 bits per heavy atom. The maximum absolute atomic E-state index is 12.4. The molecular formula is C22H15BrN4O3. The van der Waals surface area contributed by atoms with E-state index in [1.54, 1.807) is 48.5 Å². The molecule has 30 heavy (non-hydrogen) atoms. The molecule has 0 fully saturated rings. The zero-order valence-electron chi connectivity index (χ0n) is 15.5. The number of aromatic nitrogens is 2. The van der Waals surface area contributed by atoms with Crippen molar-refractivity contribution in [1.82, 2.24) is 10.2 Å². The maximum Gasteiger partial charge on any atom is 0.322 e. The third kappa shape index (κ3) is 4.61. The molecule has 0 saturated carbocycles.